The third kappa shape index (κ3) is 3.14. The highest BCUT2D eigenvalue weighted by molar-refractivity contribution is 5.97. The van der Waals surface area contributed by atoms with Gasteiger partial charge >= 0.3 is 0 Å². The number of likely N-dealkylation sites (tertiary alicyclic amines) is 1. The van der Waals surface area contributed by atoms with E-state index in [0.717, 1.165) is 53.3 Å². The molecule has 1 N–H and O–H groups in total. The highest BCUT2D eigenvalue weighted by atomic mass is 16.2. The third-order valence-corrected chi connectivity index (χ3v) is 5.95. The largest absolute Gasteiger partial charge is 0.345 e. The Labute approximate surface area is 174 Å². The Morgan fingerprint density at radius 1 is 1.17 bits per heavy atom. The average Bonchev–Trinajstić information content (AvgIpc) is 3.39. The average molecular weight is 401 g/mol. The van der Waals surface area contributed by atoms with Crippen molar-refractivity contribution in [2.75, 3.05) is 13.1 Å². The minimum absolute atomic E-state index is 0.0398. The zero-order valence-electron chi connectivity index (χ0n) is 17.0. The number of fused-ring (bicyclic) bond motifs is 1. The molecule has 0 saturated carbocycles. The van der Waals surface area contributed by atoms with Crippen LogP contribution >= 0.6 is 0 Å². The lowest BCUT2D eigenvalue weighted by atomic mass is 9.92. The summed E-state index contributed by atoms with van der Waals surface area (Å²) in [6.07, 6.45) is 8.84. The number of benzene rings is 1. The van der Waals surface area contributed by atoms with Crippen LogP contribution in [-0.4, -0.2) is 53.4 Å². The van der Waals surface area contributed by atoms with Crippen molar-refractivity contribution in [2.24, 2.45) is 7.05 Å². The topological polar surface area (TPSA) is 92.6 Å². The van der Waals surface area contributed by atoms with E-state index < -0.39 is 0 Å². The molecule has 0 bridgehead atoms. The maximum absolute atomic E-state index is 13.2. The first-order valence-corrected chi connectivity index (χ1v) is 10.1. The molecule has 5 rings (SSSR count). The van der Waals surface area contributed by atoms with Crippen LogP contribution in [-0.2, 0) is 7.05 Å². The molecule has 152 valence electrons. The van der Waals surface area contributed by atoms with Gasteiger partial charge in [0.15, 0.2) is 0 Å². The van der Waals surface area contributed by atoms with Gasteiger partial charge in [0.25, 0.3) is 5.91 Å². The Balaban J connectivity index is 1.43. The molecule has 1 aliphatic heterocycles. The molecule has 3 aromatic heterocycles. The fourth-order valence-corrected chi connectivity index (χ4v) is 4.20. The second-order valence-corrected chi connectivity index (χ2v) is 7.76. The molecule has 0 spiro atoms. The van der Waals surface area contributed by atoms with Gasteiger partial charge in [-0.05, 0) is 38.0 Å². The number of hydrogen-bond acceptors (Lipinski definition) is 5. The summed E-state index contributed by atoms with van der Waals surface area (Å²) in [5.41, 5.74) is 5.13. The minimum Gasteiger partial charge on any atom is -0.345 e. The van der Waals surface area contributed by atoms with Gasteiger partial charge in [0.2, 0.25) is 0 Å². The fraction of sp³-hybridized carbons (Fsp3) is 0.318. The van der Waals surface area contributed by atoms with E-state index in [-0.39, 0.29) is 11.8 Å². The number of aryl methyl sites for hydroxylation is 1. The van der Waals surface area contributed by atoms with Crippen LogP contribution in [0.3, 0.4) is 0 Å². The molecule has 30 heavy (non-hydrogen) atoms. The van der Waals surface area contributed by atoms with Gasteiger partial charge in [-0.2, -0.15) is 0 Å². The summed E-state index contributed by atoms with van der Waals surface area (Å²) in [5.74, 6) is 1.10. The molecule has 4 aromatic rings. The molecule has 1 saturated heterocycles. The number of imidazole rings is 2. The second kappa shape index (κ2) is 7.37. The molecule has 8 heteroatoms. The van der Waals surface area contributed by atoms with Crippen LogP contribution < -0.4 is 0 Å². The van der Waals surface area contributed by atoms with Gasteiger partial charge in [-0.25, -0.2) is 9.97 Å². The summed E-state index contributed by atoms with van der Waals surface area (Å²) in [6.45, 7) is 3.34. The number of aromatic amines is 1. The van der Waals surface area contributed by atoms with Crippen molar-refractivity contribution in [3.63, 3.8) is 0 Å². The van der Waals surface area contributed by atoms with E-state index in [9.17, 15) is 4.79 Å². The summed E-state index contributed by atoms with van der Waals surface area (Å²) in [5, 5.41) is 0. The predicted molar refractivity (Wildman–Crippen MR) is 113 cm³/mol. The highest BCUT2D eigenvalue weighted by Crippen LogP contribution is 2.32. The molecule has 1 atom stereocenters. The number of rotatable bonds is 3. The lowest BCUT2D eigenvalue weighted by Gasteiger charge is -2.33. The van der Waals surface area contributed by atoms with Gasteiger partial charge < -0.3 is 14.5 Å². The van der Waals surface area contributed by atoms with Crippen LogP contribution in [0, 0.1) is 6.92 Å². The van der Waals surface area contributed by atoms with Crippen LogP contribution in [0.5, 0.6) is 0 Å². The number of H-pyrrole nitrogens is 1. The van der Waals surface area contributed by atoms with E-state index in [4.69, 9.17) is 0 Å². The Bertz CT molecular complexity index is 1230. The molecular weight excluding hydrogens is 378 g/mol. The van der Waals surface area contributed by atoms with Crippen molar-refractivity contribution in [3.8, 4) is 11.4 Å². The van der Waals surface area contributed by atoms with E-state index in [0.29, 0.717) is 12.1 Å². The quantitative estimate of drug-likeness (QED) is 0.569. The van der Waals surface area contributed by atoms with Gasteiger partial charge in [0, 0.05) is 44.0 Å². The number of nitrogens with one attached hydrogen (secondary N) is 1. The van der Waals surface area contributed by atoms with E-state index >= 15 is 0 Å². The van der Waals surface area contributed by atoms with E-state index in [2.05, 4.69) is 24.9 Å². The fourth-order valence-electron chi connectivity index (χ4n) is 4.20. The monoisotopic (exact) mass is 401 g/mol. The molecule has 4 heterocycles. The van der Waals surface area contributed by atoms with Crippen molar-refractivity contribution in [2.45, 2.75) is 25.7 Å². The molecule has 0 aliphatic carbocycles. The van der Waals surface area contributed by atoms with Crippen LogP contribution in [0.25, 0.3) is 22.4 Å². The summed E-state index contributed by atoms with van der Waals surface area (Å²) < 4.78 is 2.03. The maximum Gasteiger partial charge on any atom is 0.253 e. The summed E-state index contributed by atoms with van der Waals surface area (Å²) in [4.78, 5) is 36.1. The van der Waals surface area contributed by atoms with Crippen molar-refractivity contribution in [1.82, 2.24) is 34.4 Å². The molecule has 1 amide bonds. The first-order chi connectivity index (χ1) is 14.6. The maximum atomic E-state index is 13.2. The van der Waals surface area contributed by atoms with E-state index in [1.54, 1.807) is 18.7 Å². The lowest BCUT2D eigenvalue weighted by molar-refractivity contribution is 0.0706. The molecule has 8 nitrogen and oxygen atoms in total. The smallest absolute Gasteiger partial charge is 0.253 e. The molecule has 1 aromatic carbocycles. The SMILES string of the molecule is Cc1ncc(-c2nccnc2[C@H]2CCCN(C(=O)c3ccc4nc[nH]c4c3)C2)n1C. The molecule has 0 unspecified atom stereocenters. The normalized spacial score (nSPS) is 16.9. The summed E-state index contributed by atoms with van der Waals surface area (Å²) in [6, 6.07) is 5.60. The Morgan fingerprint density at radius 3 is 2.87 bits per heavy atom. The number of nitrogens with zero attached hydrogens (tertiary/aromatic N) is 6. The Kier molecular flexibility index (Phi) is 4.54. The Hall–Kier alpha value is -3.55. The minimum atomic E-state index is 0.0398. The van der Waals surface area contributed by atoms with Crippen molar-refractivity contribution in [3.05, 3.63) is 60.2 Å². The second-order valence-electron chi connectivity index (χ2n) is 7.76. The lowest BCUT2D eigenvalue weighted by Crippen LogP contribution is -2.39. The number of carbonyl (C=O) groups is 1. The van der Waals surface area contributed by atoms with Gasteiger partial charge in [-0.1, -0.05) is 0 Å². The van der Waals surface area contributed by atoms with Crippen LogP contribution in [0.1, 0.15) is 40.6 Å². The number of piperidine rings is 1. The molecule has 1 aliphatic rings. The van der Waals surface area contributed by atoms with E-state index in [1.165, 1.54) is 0 Å². The first-order valence-electron chi connectivity index (χ1n) is 10.1. The summed E-state index contributed by atoms with van der Waals surface area (Å²) in [7, 11) is 1.98. The van der Waals surface area contributed by atoms with Crippen molar-refractivity contribution >= 4 is 16.9 Å². The van der Waals surface area contributed by atoms with Gasteiger partial charge in [0.1, 0.15) is 11.5 Å². The first kappa shape index (κ1) is 18.5. The number of aromatic nitrogens is 6. The zero-order valence-corrected chi connectivity index (χ0v) is 17.0. The van der Waals surface area contributed by atoms with Gasteiger partial charge in [-0.15, -0.1) is 0 Å². The van der Waals surface area contributed by atoms with Gasteiger partial charge in [-0.3, -0.25) is 14.8 Å². The zero-order chi connectivity index (χ0) is 20.7. The number of carbonyl (C=O) groups excluding carboxylic acids is 1. The molecule has 1 fully saturated rings. The number of hydrogen-bond donors (Lipinski definition) is 1. The van der Waals surface area contributed by atoms with E-state index in [1.807, 2.05) is 47.8 Å². The molecular formula is C22H23N7O. The van der Waals surface area contributed by atoms with Crippen LogP contribution in [0.2, 0.25) is 0 Å². The highest BCUT2D eigenvalue weighted by Gasteiger charge is 2.29. The van der Waals surface area contributed by atoms with Crippen molar-refractivity contribution < 1.29 is 4.79 Å². The number of amides is 1. The molecule has 0 radical (unpaired) electrons. The standard InChI is InChI=1S/C22H23N7O/c1-14-25-11-19(28(14)2)21-20(23-7-8-24-21)16-4-3-9-29(12-16)22(30)15-5-6-17-18(10-15)27-13-26-17/h5-8,10-11,13,16H,3-4,9,12H2,1-2H3,(H,26,27)/t16-/m0/s1. The van der Waals surface area contributed by atoms with Crippen LogP contribution in [0.15, 0.2) is 43.1 Å². The predicted octanol–water partition coefficient (Wildman–Crippen LogP) is 3.08. The Morgan fingerprint density at radius 2 is 2.03 bits per heavy atom. The van der Waals surface area contributed by atoms with Crippen LogP contribution in [0.4, 0.5) is 0 Å². The summed E-state index contributed by atoms with van der Waals surface area (Å²) >= 11 is 0. The third-order valence-electron chi connectivity index (χ3n) is 5.95. The van der Waals surface area contributed by atoms with Gasteiger partial charge in [0.05, 0.1) is 34.9 Å². The van der Waals surface area contributed by atoms with Crippen molar-refractivity contribution in [1.29, 1.82) is 0 Å².